The van der Waals surface area contributed by atoms with Gasteiger partial charge in [0.15, 0.2) is 0 Å². The summed E-state index contributed by atoms with van der Waals surface area (Å²) in [6.45, 7) is -1.79. The molecule has 0 radical (unpaired) electrons. The van der Waals surface area contributed by atoms with E-state index in [1.54, 1.807) is 0 Å². The lowest BCUT2D eigenvalue weighted by molar-refractivity contribution is -0.143. The molecule has 6 atom stereocenters. The number of imidazole rings is 2. The molecule has 0 spiro atoms. The van der Waals surface area contributed by atoms with E-state index in [0.717, 1.165) is 21.6 Å². The lowest BCUT2D eigenvalue weighted by atomic mass is 10.1. The number of carboxylic acids is 4. The van der Waals surface area contributed by atoms with E-state index in [1.165, 1.54) is 25.0 Å². The van der Waals surface area contributed by atoms with E-state index in [-0.39, 0.29) is 50.3 Å². The number of rotatable bonds is 35. The highest BCUT2D eigenvalue weighted by Crippen LogP contribution is 2.23. The molecule has 70 heavy (non-hydrogen) atoms. The fourth-order valence-electron chi connectivity index (χ4n) is 5.76. The van der Waals surface area contributed by atoms with Crippen molar-refractivity contribution >= 4 is 92.7 Å². The Morgan fingerprint density at radius 3 is 1.13 bits per heavy atom. The average molecular weight is 1030 g/mol. The van der Waals surface area contributed by atoms with Crippen LogP contribution >= 0.6 is 21.6 Å². The number of carboxylic acid groups (broad SMARTS) is 4. The van der Waals surface area contributed by atoms with Gasteiger partial charge in [-0.2, -0.15) is 0 Å². The molecule has 30 nitrogen and oxygen atoms in total. The molecule has 32 heteroatoms. The lowest BCUT2D eigenvalue weighted by Gasteiger charge is -2.22. The summed E-state index contributed by atoms with van der Waals surface area (Å²) in [6, 6.07) is -8.84. The molecule has 2 aromatic rings. The summed E-state index contributed by atoms with van der Waals surface area (Å²) in [6.07, 6.45) is 2.71. The Morgan fingerprint density at radius 2 is 0.829 bits per heavy atom. The zero-order chi connectivity index (χ0) is 52.2. The Bertz CT molecular complexity index is 1970. The Balaban J connectivity index is 2.11. The largest absolute Gasteiger partial charge is 0.480 e. The summed E-state index contributed by atoms with van der Waals surface area (Å²) >= 11 is 0. The van der Waals surface area contributed by atoms with Gasteiger partial charge in [0.25, 0.3) is 0 Å². The Labute approximate surface area is 405 Å². The van der Waals surface area contributed by atoms with Crippen LogP contribution in [0.1, 0.15) is 49.9 Å². The molecule has 386 valence electrons. The smallest absolute Gasteiger partial charge is 0.326 e. The van der Waals surface area contributed by atoms with Gasteiger partial charge >= 0.3 is 23.9 Å². The van der Waals surface area contributed by atoms with Crippen molar-refractivity contribution in [3.8, 4) is 0 Å². The molecular formula is C38H56N14O16S2. The molecule has 2 aromatic heterocycles. The summed E-state index contributed by atoms with van der Waals surface area (Å²) in [5, 5.41) is 56.2. The van der Waals surface area contributed by atoms with Crippen LogP contribution in [0.5, 0.6) is 0 Å². The third kappa shape index (κ3) is 23.6. The maximum Gasteiger partial charge on any atom is 0.326 e. The minimum Gasteiger partial charge on any atom is -0.480 e. The van der Waals surface area contributed by atoms with Crippen LogP contribution < -0.4 is 54.0 Å². The van der Waals surface area contributed by atoms with Crippen LogP contribution in [0, 0.1) is 0 Å². The standard InChI is InChI=1S/C38H56N14O16S2/c39-7-5-29(55)47-23(9-19-11-41-17-45-19)35(63)51-21(37(65)66)1-3-27(53)49-25(33(61)43-13-31(57)58)15-69-70-16-26(34(62)44-14-32(59)60)50-28(54)4-2-22(38(67)68)52-36(64)24(48-30(56)6-8-40)10-20-12-42-18-46-20/h11-12,17-18,21-26H,1-10,13-16,39-40H2,(H,41,45)(H,42,46)(H,43,61)(H,44,62)(H,47,55)(H,48,56)(H,49,53)(H,50,54)(H,51,63)(H,52,64)(H,57,58)(H,59,60)(H,65,66)(H,67,68). The van der Waals surface area contributed by atoms with E-state index >= 15 is 0 Å². The number of nitrogens with two attached hydrogens (primary N) is 2. The molecule has 2 heterocycles. The van der Waals surface area contributed by atoms with E-state index in [1.807, 2.05) is 0 Å². The number of aromatic nitrogens is 4. The zero-order valence-electron chi connectivity index (χ0n) is 37.2. The summed E-state index contributed by atoms with van der Waals surface area (Å²) < 4.78 is 0. The Hall–Kier alpha value is -7.32. The molecule has 0 saturated carbocycles. The summed E-state index contributed by atoms with van der Waals surface area (Å²) in [5.74, 6) is -13.4. The molecule has 0 aliphatic carbocycles. The monoisotopic (exact) mass is 1030 g/mol. The maximum absolute atomic E-state index is 13.2. The van der Waals surface area contributed by atoms with Crippen molar-refractivity contribution < 1.29 is 78.0 Å². The summed E-state index contributed by atoms with van der Waals surface area (Å²) in [4.78, 5) is 163. The van der Waals surface area contributed by atoms with Crippen LogP contribution in [-0.2, 0) is 70.4 Å². The number of amides is 8. The first kappa shape index (κ1) is 58.8. The van der Waals surface area contributed by atoms with Gasteiger partial charge in [0.1, 0.15) is 49.3 Å². The van der Waals surface area contributed by atoms with E-state index in [9.17, 15) is 67.7 Å². The topological polar surface area (TPSA) is 491 Å². The van der Waals surface area contributed by atoms with Crippen LogP contribution in [0.4, 0.5) is 0 Å². The maximum atomic E-state index is 13.2. The zero-order valence-corrected chi connectivity index (χ0v) is 38.9. The number of carbonyl (C=O) groups is 12. The average Bonchev–Trinajstić information content (AvgIpc) is 4.02. The fraction of sp³-hybridized carbons (Fsp3) is 0.526. The van der Waals surface area contributed by atoms with Crippen molar-refractivity contribution in [2.75, 3.05) is 37.7 Å². The quantitative estimate of drug-likeness (QED) is 0.0226. The van der Waals surface area contributed by atoms with Gasteiger partial charge in [0.05, 0.1) is 12.7 Å². The van der Waals surface area contributed by atoms with Crippen molar-refractivity contribution in [3.63, 3.8) is 0 Å². The van der Waals surface area contributed by atoms with Crippen LogP contribution in [0.25, 0.3) is 0 Å². The van der Waals surface area contributed by atoms with Gasteiger partial charge in [0.2, 0.25) is 47.3 Å². The van der Waals surface area contributed by atoms with Crippen molar-refractivity contribution in [1.29, 1.82) is 0 Å². The van der Waals surface area contributed by atoms with Crippen molar-refractivity contribution in [1.82, 2.24) is 62.5 Å². The number of carbonyl (C=O) groups excluding carboxylic acids is 8. The van der Waals surface area contributed by atoms with E-state index in [4.69, 9.17) is 21.7 Å². The minimum atomic E-state index is -1.67. The van der Waals surface area contributed by atoms with Gasteiger partial charge < -0.3 is 84.4 Å². The van der Waals surface area contributed by atoms with Gasteiger partial charge in [-0.1, -0.05) is 21.6 Å². The number of nitrogens with one attached hydrogen (secondary N) is 10. The fourth-order valence-corrected chi connectivity index (χ4v) is 8.09. The van der Waals surface area contributed by atoms with Gasteiger partial charge in [0, 0.05) is 86.9 Å². The highest BCUT2D eigenvalue weighted by molar-refractivity contribution is 8.76. The number of nitrogens with zero attached hydrogens (tertiary/aromatic N) is 2. The second kappa shape index (κ2) is 31.7. The molecule has 0 aliphatic rings. The van der Waals surface area contributed by atoms with Crippen molar-refractivity contribution in [2.45, 2.75) is 87.6 Å². The normalized spacial score (nSPS) is 13.3. The molecule has 8 amide bonds. The second-order valence-corrected chi connectivity index (χ2v) is 17.3. The van der Waals surface area contributed by atoms with Crippen molar-refractivity contribution in [3.05, 3.63) is 36.4 Å². The third-order valence-corrected chi connectivity index (χ3v) is 11.7. The van der Waals surface area contributed by atoms with Gasteiger partial charge in [-0.3, -0.25) is 47.9 Å². The van der Waals surface area contributed by atoms with E-state index < -0.39 is 146 Å². The molecular weight excluding hydrogens is 973 g/mol. The van der Waals surface area contributed by atoms with E-state index in [2.05, 4.69) is 62.5 Å². The van der Waals surface area contributed by atoms with Crippen LogP contribution in [0.3, 0.4) is 0 Å². The summed E-state index contributed by atoms with van der Waals surface area (Å²) in [7, 11) is 1.66. The molecule has 0 aliphatic heterocycles. The van der Waals surface area contributed by atoms with Gasteiger partial charge in [-0.05, 0) is 12.8 Å². The number of hydrogen-bond acceptors (Lipinski definition) is 18. The van der Waals surface area contributed by atoms with Crippen LogP contribution in [-0.4, -0.2) is 185 Å². The summed E-state index contributed by atoms with van der Waals surface area (Å²) in [5.41, 5.74) is 11.7. The van der Waals surface area contributed by atoms with Crippen molar-refractivity contribution in [2.24, 2.45) is 11.5 Å². The molecule has 6 unspecified atom stereocenters. The molecule has 18 N–H and O–H groups in total. The Morgan fingerprint density at radius 1 is 0.486 bits per heavy atom. The predicted molar refractivity (Wildman–Crippen MR) is 243 cm³/mol. The molecule has 2 rings (SSSR count). The van der Waals surface area contributed by atoms with Crippen LogP contribution in [0.15, 0.2) is 25.0 Å². The molecule has 0 aromatic carbocycles. The van der Waals surface area contributed by atoms with Gasteiger partial charge in [-0.15, -0.1) is 0 Å². The van der Waals surface area contributed by atoms with Gasteiger partial charge in [-0.25, -0.2) is 19.6 Å². The van der Waals surface area contributed by atoms with E-state index in [0.29, 0.717) is 11.4 Å². The predicted octanol–water partition coefficient (Wildman–Crippen LogP) is -5.96. The first-order valence-electron chi connectivity index (χ1n) is 21.0. The molecule has 0 bridgehead atoms. The lowest BCUT2D eigenvalue weighted by Crippen LogP contribution is -2.53. The number of hydrogen-bond donors (Lipinski definition) is 16. The second-order valence-electron chi connectivity index (χ2n) is 14.8. The number of aliphatic carboxylic acids is 4. The number of aromatic amines is 2. The minimum absolute atomic E-state index is 0.0328. The first-order chi connectivity index (χ1) is 33.2. The molecule has 0 fully saturated rings. The van der Waals surface area contributed by atoms with Crippen LogP contribution in [0.2, 0.25) is 0 Å². The highest BCUT2D eigenvalue weighted by atomic mass is 33.1. The number of H-pyrrole nitrogens is 2. The molecule has 0 saturated heterocycles. The highest BCUT2D eigenvalue weighted by Gasteiger charge is 2.31. The first-order valence-corrected chi connectivity index (χ1v) is 23.5. The third-order valence-electron chi connectivity index (χ3n) is 9.24. The Kier molecular flexibility index (Phi) is 26.6. The SMILES string of the molecule is NCCC(=O)NC(Cc1cnc[nH]1)C(=O)NC(CCC(=O)NC(CSSCC(NC(=O)CCC(NC(=O)C(Cc1cnc[nH]1)NC(=O)CCN)C(=O)O)C(=O)NCC(=O)O)C(=O)NCC(=O)O)C(=O)O.